The second-order valence-corrected chi connectivity index (χ2v) is 16.2. The normalized spacial score (nSPS) is 20.5. The Bertz CT molecular complexity index is 1380. The first-order chi connectivity index (χ1) is 19.8. The van der Waals surface area contributed by atoms with Crippen LogP contribution in [0.5, 0.6) is 11.5 Å². The van der Waals surface area contributed by atoms with Gasteiger partial charge in [0.25, 0.3) is 5.91 Å². The topological polar surface area (TPSA) is 100 Å². The summed E-state index contributed by atoms with van der Waals surface area (Å²) >= 11 is 0. The number of carbonyl (C=O) groups is 1. The van der Waals surface area contributed by atoms with E-state index >= 15 is 0 Å². The van der Waals surface area contributed by atoms with Crippen LogP contribution in [-0.2, 0) is 5.54 Å². The van der Waals surface area contributed by atoms with Gasteiger partial charge < -0.3 is 31.1 Å². The van der Waals surface area contributed by atoms with Gasteiger partial charge in [-0.05, 0) is 57.4 Å². The van der Waals surface area contributed by atoms with Gasteiger partial charge in [0.05, 0.1) is 0 Å². The third-order valence-electron chi connectivity index (χ3n) is 9.14. The molecule has 0 aliphatic carbocycles. The van der Waals surface area contributed by atoms with Crippen LogP contribution in [0.25, 0.3) is 0 Å². The molecular weight excluding hydrogens is 530 g/mol. The summed E-state index contributed by atoms with van der Waals surface area (Å²) in [5, 5.41) is 34.0. The Morgan fingerprint density at radius 3 is 1.85 bits per heavy atom. The zero-order chi connectivity index (χ0) is 28.6. The largest absolute Gasteiger partial charge is 0.508 e. The molecule has 0 aromatic heterocycles. The molecule has 1 amide bonds. The molecule has 0 unspecified atom stereocenters. The van der Waals surface area contributed by atoms with Crippen molar-refractivity contribution < 1.29 is 15.0 Å². The summed E-state index contributed by atoms with van der Waals surface area (Å²) in [7, 11) is -2.34. The predicted octanol–water partition coefficient (Wildman–Crippen LogP) is 1.07. The number of aromatic hydroxyl groups is 2. The van der Waals surface area contributed by atoms with Crippen LogP contribution in [0.2, 0.25) is 13.1 Å². The molecule has 0 atom stereocenters. The highest BCUT2D eigenvalue weighted by Gasteiger charge is 2.58. The zero-order valence-corrected chi connectivity index (χ0v) is 25.0. The van der Waals surface area contributed by atoms with E-state index in [1.165, 1.54) is 0 Å². The summed E-state index contributed by atoms with van der Waals surface area (Å²) in [6.45, 7) is 13.2. The van der Waals surface area contributed by atoms with Crippen molar-refractivity contribution in [2.75, 3.05) is 65.4 Å². The lowest BCUT2D eigenvalue weighted by Gasteiger charge is -2.49. The zero-order valence-electron chi connectivity index (χ0n) is 24.0. The second-order valence-electron chi connectivity index (χ2n) is 11.9. The second kappa shape index (κ2) is 11.2. The molecule has 0 saturated carbocycles. The summed E-state index contributed by atoms with van der Waals surface area (Å²) in [5.74, 6) is 0.472. The van der Waals surface area contributed by atoms with Crippen LogP contribution < -0.4 is 26.3 Å². The van der Waals surface area contributed by atoms with Crippen molar-refractivity contribution in [3.05, 3.63) is 82.9 Å². The third-order valence-corrected chi connectivity index (χ3v) is 12.7. The van der Waals surface area contributed by atoms with E-state index in [4.69, 9.17) is 0 Å². The number of phenols is 2. The Morgan fingerprint density at radius 2 is 1.27 bits per heavy atom. The molecule has 1 spiro atoms. The van der Waals surface area contributed by atoms with Crippen molar-refractivity contribution in [2.24, 2.45) is 0 Å². The summed E-state index contributed by atoms with van der Waals surface area (Å²) in [4.78, 5) is 18.9. The number of nitrogens with one attached hydrogen (secondary N) is 3. The highest BCUT2D eigenvalue weighted by molar-refractivity contribution is 7.01. The first-order valence-electron chi connectivity index (χ1n) is 14.8. The molecule has 6 rings (SSSR count). The van der Waals surface area contributed by atoms with Gasteiger partial charge in [-0.25, -0.2) is 0 Å². The van der Waals surface area contributed by atoms with E-state index in [9.17, 15) is 15.0 Å². The SMILES string of the molecule is C[Si]1(C)c2cc(O)ccc2C2(c3ccccc3C(=O)N2CCN2CCNCCNCCNCC2)c2ccc(O)cc21. The molecule has 1 fully saturated rings. The van der Waals surface area contributed by atoms with Crippen LogP contribution in [0.1, 0.15) is 27.0 Å². The molecule has 0 bridgehead atoms. The number of nitrogens with zero attached hydrogens (tertiary/aromatic N) is 2. The molecule has 3 aliphatic heterocycles. The van der Waals surface area contributed by atoms with E-state index in [0.29, 0.717) is 6.54 Å². The number of phenolic OH excluding ortho intramolecular Hbond substituents is 2. The number of hydrogen-bond donors (Lipinski definition) is 5. The summed E-state index contributed by atoms with van der Waals surface area (Å²) in [5.41, 5.74) is 2.98. The Kier molecular flexibility index (Phi) is 7.65. The van der Waals surface area contributed by atoms with Crippen molar-refractivity contribution >= 4 is 24.4 Å². The highest BCUT2D eigenvalue weighted by Crippen LogP contribution is 2.50. The number of fused-ring (bicyclic) bond motifs is 6. The number of rotatable bonds is 3. The molecule has 0 radical (unpaired) electrons. The molecular formula is C32H41N5O3Si. The first kappa shape index (κ1) is 27.9. The monoisotopic (exact) mass is 571 g/mol. The lowest BCUT2D eigenvalue weighted by atomic mass is 9.76. The molecule has 3 aromatic rings. The van der Waals surface area contributed by atoms with Crippen molar-refractivity contribution in [1.82, 2.24) is 25.8 Å². The van der Waals surface area contributed by atoms with E-state index in [2.05, 4.69) is 44.9 Å². The number of benzene rings is 3. The fourth-order valence-corrected chi connectivity index (χ4v) is 10.3. The highest BCUT2D eigenvalue weighted by atomic mass is 28.3. The maximum absolute atomic E-state index is 14.4. The van der Waals surface area contributed by atoms with E-state index < -0.39 is 13.6 Å². The molecule has 8 nitrogen and oxygen atoms in total. The number of hydrogen-bond acceptors (Lipinski definition) is 7. The smallest absolute Gasteiger partial charge is 0.255 e. The molecule has 5 N–H and O–H groups in total. The Hall–Kier alpha value is -3.21. The molecule has 41 heavy (non-hydrogen) atoms. The van der Waals surface area contributed by atoms with Gasteiger partial charge in [-0.15, -0.1) is 0 Å². The molecule has 216 valence electrons. The van der Waals surface area contributed by atoms with Crippen LogP contribution in [-0.4, -0.2) is 99.4 Å². The van der Waals surface area contributed by atoms with Crippen LogP contribution in [0.15, 0.2) is 60.7 Å². The van der Waals surface area contributed by atoms with E-state index in [1.807, 2.05) is 42.5 Å². The van der Waals surface area contributed by atoms with Crippen LogP contribution >= 0.6 is 0 Å². The van der Waals surface area contributed by atoms with Crippen molar-refractivity contribution in [1.29, 1.82) is 0 Å². The number of carbonyl (C=O) groups excluding carboxylic acids is 1. The fraction of sp³-hybridized carbons (Fsp3) is 0.406. The summed E-state index contributed by atoms with van der Waals surface area (Å²) < 4.78 is 0. The van der Waals surface area contributed by atoms with Gasteiger partial charge in [0.2, 0.25) is 0 Å². The quantitative estimate of drug-likeness (QED) is 0.300. The molecule has 1 saturated heterocycles. The Labute approximate surface area is 243 Å². The van der Waals surface area contributed by atoms with Crippen LogP contribution in [0, 0.1) is 0 Å². The van der Waals surface area contributed by atoms with E-state index in [1.54, 1.807) is 12.1 Å². The predicted molar refractivity (Wildman–Crippen MR) is 165 cm³/mol. The third kappa shape index (κ3) is 4.75. The molecule has 9 heteroatoms. The van der Waals surface area contributed by atoms with Gasteiger partial charge in [0, 0.05) is 71.0 Å². The first-order valence-corrected chi connectivity index (χ1v) is 17.8. The molecule has 3 heterocycles. The Balaban J connectivity index is 1.45. The summed E-state index contributed by atoms with van der Waals surface area (Å²) in [6.07, 6.45) is 0. The van der Waals surface area contributed by atoms with E-state index in [-0.39, 0.29) is 17.4 Å². The van der Waals surface area contributed by atoms with Gasteiger partial charge in [-0.1, -0.05) is 43.4 Å². The van der Waals surface area contributed by atoms with E-state index in [0.717, 1.165) is 91.5 Å². The van der Waals surface area contributed by atoms with Gasteiger partial charge >= 0.3 is 0 Å². The molecule has 3 aliphatic rings. The van der Waals surface area contributed by atoms with Crippen molar-refractivity contribution in [3.8, 4) is 11.5 Å². The molecule has 3 aromatic carbocycles. The van der Waals surface area contributed by atoms with Crippen molar-refractivity contribution in [3.63, 3.8) is 0 Å². The minimum atomic E-state index is -2.34. The lowest BCUT2D eigenvalue weighted by molar-refractivity contribution is 0.0649. The van der Waals surface area contributed by atoms with Gasteiger partial charge in [-0.3, -0.25) is 9.69 Å². The Morgan fingerprint density at radius 1 is 0.732 bits per heavy atom. The maximum Gasteiger partial charge on any atom is 0.255 e. The average Bonchev–Trinajstić information content (AvgIpc) is 3.20. The minimum absolute atomic E-state index is 0.0247. The number of amides is 1. The lowest BCUT2D eigenvalue weighted by Crippen LogP contribution is -2.66. The van der Waals surface area contributed by atoms with Crippen molar-refractivity contribution in [2.45, 2.75) is 18.6 Å². The average molecular weight is 572 g/mol. The minimum Gasteiger partial charge on any atom is -0.508 e. The van der Waals surface area contributed by atoms with Crippen LogP contribution in [0.3, 0.4) is 0 Å². The van der Waals surface area contributed by atoms with Gasteiger partial charge in [-0.2, -0.15) is 0 Å². The fourth-order valence-electron chi connectivity index (χ4n) is 7.08. The van der Waals surface area contributed by atoms with Crippen LogP contribution in [0.4, 0.5) is 0 Å². The maximum atomic E-state index is 14.4. The van der Waals surface area contributed by atoms with Gasteiger partial charge in [0.1, 0.15) is 25.1 Å². The van der Waals surface area contributed by atoms with Gasteiger partial charge in [0.15, 0.2) is 0 Å². The standard InChI is InChI=1S/C32H41N5O3Si/c1-41(2)29-21-23(38)7-9-27(29)32(28-10-8-24(39)22-30(28)41)26-6-4-3-5-25(26)31(40)37(32)20-19-36-17-15-34-13-11-33-12-14-35-16-18-36/h3-10,21-22,33-35,38-39H,11-20H2,1-2H3. The summed E-state index contributed by atoms with van der Waals surface area (Å²) in [6, 6.07) is 19.3.